The molecule has 158 valence electrons. The number of carbonyl (C=O) groups is 2. The Kier molecular flexibility index (Phi) is 6.85. The molecule has 30 heavy (non-hydrogen) atoms. The van der Waals surface area contributed by atoms with Crippen LogP contribution in [0.1, 0.15) is 31.2 Å². The van der Waals surface area contributed by atoms with Gasteiger partial charge in [-0.15, -0.1) is 10.2 Å². The molecule has 1 N–H and O–H groups in total. The molecule has 0 spiro atoms. The molecule has 0 bridgehead atoms. The topological polar surface area (TPSA) is 93.6 Å². The molecule has 2 amide bonds. The predicted octanol–water partition coefficient (Wildman–Crippen LogP) is 3.41. The molecule has 8 nitrogen and oxygen atoms in total. The lowest BCUT2D eigenvalue weighted by atomic mass is 10.2. The monoisotopic (exact) mass is 446 g/mol. The highest BCUT2D eigenvalue weighted by Crippen LogP contribution is 2.32. The van der Waals surface area contributed by atoms with Crippen molar-refractivity contribution in [3.63, 3.8) is 0 Å². The molecule has 0 radical (unpaired) electrons. The SMILES string of the molecule is O=C(/C=C\c1ccc2c(c1)OCO2)Nc1nnc(SCC(=O)N2CCCCCC2)s1. The molecular weight excluding hydrogens is 424 g/mol. The van der Waals surface area contributed by atoms with Crippen LogP contribution < -0.4 is 14.8 Å². The van der Waals surface area contributed by atoms with Gasteiger partial charge in [-0.25, -0.2) is 0 Å². The van der Waals surface area contributed by atoms with Gasteiger partial charge in [0.1, 0.15) is 0 Å². The van der Waals surface area contributed by atoms with Crippen LogP contribution in [0.5, 0.6) is 11.5 Å². The van der Waals surface area contributed by atoms with Crippen LogP contribution in [0.15, 0.2) is 28.6 Å². The van der Waals surface area contributed by atoms with Crippen molar-refractivity contribution in [2.45, 2.75) is 30.0 Å². The second kappa shape index (κ2) is 9.94. The normalized spacial score (nSPS) is 15.9. The zero-order valence-corrected chi connectivity index (χ0v) is 18.0. The van der Waals surface area contributed by atoms with E-state index in [4.69, 9.17) is 9.47 Å². The third kappa shape index (κ3) is 5.51. The van der Waals surface area contributed by atoms with Gasteiger partial charge in [-0.05, 0) is 36.6 Å². The van der Waals surface area contributed by atoms with Gasteiger partial charge in [0.2, 0.25) is 23.7 Å². The summed E-state index contributed by atoms with van der Waals surface area (Å²) >= 11 is 2.62. The Morgan fingerprint density at radius 3 is 2.77 bits per heavy atom. The molecule has 1 saturated heterocycles. The standard InChI is InChI=1S/C20H22N4O4S2/c25-17(8-6-14-5-7-15-16(11-14)28-13-27-15)21-19-22-23-20(30-19)29-12-18(26)24-9-3-1-2-4-10-24/h5-8,11H,1-4,9-10,12-13H2,(H,21,22,25)/b8-6-. The molecule has 10 heteroatoms. The van der Waals surface area contributed by atoms with E-state index >= 15 is 0 Å². The molecule has 2 aliphatic heterocycles. The molecule has 0 saturated carbocycles. The van der Waals surface area contributed by atoms with Gasteiger partial charge in [-0.1, -0.05) is 42.0 Å². The molecule has 4 rings (SSSR count). The van der Waals surface area contributed by atoms with E-state index in [1.807, 2.05) is 17.0 Å². The number of hydrogen-bond donors (Lipinski definition) is 1. The number of nitrogens with one attached hydrogen (secondary N) is 1. The fraction of sp³-hybridized carbons (Fsp3) is 0.400. The van der Waals surface area contributed by atoms with Crippen molar-refractivity contribution in [2.24, 2.45) is 0 Å². The van der Waals surface area contributed by atoms with Crippen LogP contribution >= 0.6 is 23.1 Å². The first-order valence-electron chi connectivity index (χ1n) is 9.80. The quantitative estimate of drug-likeness (QED) is 0.413. The van der Waals surface area contributed by atoms with E-state index in [1.165, 1.54) is 42.0 Å². The van der Waals surface area contributed by atoms with Gasteiger partial charge in [-0.2, -0.15) is 0 Å². The molecule has 1 aromatic carbocycles. The molecule has 0 unspecified atom stereocenters. The maximum atomic E-state index is 12.4. The minimum absolute atomic E-state index is 0.134. The number of carbonyl (C=O) groups excluding carboxylic acids is 2. The second-order valence-corrected chi connectivity index (χ2v) is 9.09. The number of fused-ring (bicyclic) bond motifs is 1. The number of benzene rings is 1. The summed E-state index contributed by atoms with van der Waals surface area (Å²) in [7, 11) is 0. The number of amides is 2. The average molecular weight is 447 g/mol. The van der Waals surface area contributed by atoms with Crippen LogP contribution in [0, 0.1) is 0 Å². The van der Waals surface area contributed by atoms with E-state index in [-0.39, 0.29) is 18.6 Å². The Morgan fingerprint density at radius 2 is 1.93 bits per heavy atom. The largest absolute Gasteiger partial charge is 0.454 e. The summed E-state index contributed by atoms with van der Waals surface area (Å²) in [5.41, 5.74) is 0.829. The summed E-state index contributed by atoms with van der Waals surface area (Å²) in [5.74, 6) is 1.53. The number of aromatic nitrogens is 2. The van der Waals surface area contributed by atoms with Crippen LogP contribution in [0.4, 0.5) is 5.13 Å². The minimum atomic E-state index is -0.305. The van der Waals surface area contributed by atoms with Crippen molar-refractivity contribution < 1.29 is 19.1 Å². The first-order chi connectivity index (χ1) is 14.7. The summed E-state index contributed by atoms with van der Waals surface area (Å²) in [6.45, 7) is 1.89. The van der Waals surface area contributed by atoms with Gasteiger partial charge in [-0.3, -0.25) is 14.9 Å². The van der Waals surface area contributed by atoms with E-state index in [2.05, 4.69) is 15.5 Å². The zero-order valence-electron chi connectivity index (χ0n) is 16.3. The van der Waals surface area contributed by atoms with Gasteiger partial charge < -0.3 is 14.4 Å². The van der Waals surface area contributed by atoms with Gasteiger partial charge in [0.05, 0.1) is 5.75 Å². The Morgan fingerprint density at radius 1 is 1.13 bits per heavy atom. The van der Waals surface area contributed by atoms with Crippen molar-refractivity contribution in [3.8, 4) is 11.5 Å². The lowest BCUT2D eigenvalue weighted by Crippen LogP contribution is -2.33. The number of ether oxygens (including phenoxy) is 2. The Bertz CT molecular complexity index is 939. The molecule has 3 heterocycles. The van der Waals surface area contributed by atoms with E-state index in [0.29, 0.717) is 26.7 Å². The fourth-order valence-electron chi connectivity index (χ4n) is 3.19. The number of rotatable bonds is 6. The second-order valence-electron chi connectivity index (χ2n) is 6.89. The van der Waals surface area contributed by atoms with Crippen molar-refractivity contribution in [1.29, 1.82) is 0 Å². The maximum Gasteiger partial charge on any atom is 0.250 e. The molecule has 2 aromatic rings. The smallest absolute Gasteiger partial charge is 0.250 e. The third-order valence-electron chi connectivity index (χ3n) is 4.74. The number of nitrogens with zero attached hydrogens (tertiary/aromatic N) is 3. The van der Waals surface area contributed by atoms with Crippen LogP contribution in [-0.2, 0) is 9.59 Å². The number of likely N-dealkylation sites (tertiary alicyclic amines) is 1. The fourth-order valence-corrected chi connectivity index (χ4v) is 4.85. The van der Waals surface area contributed by atoms with Gasteiger partial charge in [0, 0.05) is 19.2 Å². The Labute approximate surface area is 182 Å². The summed E-state index contributed by atoms with van der Waals surface area (Å²) in [6, 6.07) is 5.46. The molecule has 1 fully saturated rings. The molecule has 1 aromatic heterocycles. The summed E-state index contributed by atoms with van der Waals surface area (Å²) in [6.07, 6.45) is 7.65. The van der Waals surface area contributed by atoms with Crippen LogP contribution in [-0.4, -0.2) is 52.5 Å². The van der Waals surface area contributed by atoms with E-state index in [1.54, 1.807) is 12.1 Å². The van der Waals surface area contributed by atoms with Crippen LogP contribution in [0.25, 0.3) is 6.08 Å². The van der Waals surface area contributed by atoms with E-state index in [9.17, 15) is 9.59 Å². The van der Waals surface area contributed by atoms with Gasteiger partial charge in [0.25, 0.3) is 0 Å². The highest BCUT2D eigenvalue weighted by Gasteiger charge is 2.17. The number of hydrogen-bond acceptors (Lipinski definition) is 8. The minimum Gasteiger partial charge on any atom is -0.454 e. The predicted molar refractivity (Wildman–Crippen MR) is 116 cm³/mol. The lowest BCUT2D eigenvalue weighted by molar-refractivity contribution is -0.128. The lowest BCUT2D eigenvalue weighted by Gasteiger charge is -2.19. The summed E-state index contributed by atoms with van der Waals surface area (Å²) in [4.78, 5) is 26.5. The number of anilines is 1. The average Bonchev–Trinajstić information content (AvgIpc) is 3.31. The van der Waals surface area contributed by atoms with E-state index < -0.39 is 0 Å². The first kappa shape index (κ1) is 20.7. The molecule has 0 aliphatic carbocycles. The highest BCUT2D eigenvalue weighted by molar-refractivity contribution is 8.01. The summed E-state index contributed by atoms with van der Waals surface area (Å²) in [5, 5.41) is 11.1. The zero-order chi connectivity index (χ0) is 20.8. The molecule has 2 aliphatic rings. The highest BCUT2D eigenvalue weighted by atomic mass is 32.2. The van der Waals surface area contributed by atoms with E-state index in [0.717, 1.165) is 31.5 Å². The van der Waals surface area contributed by atoms with Crippen molar-refractivity contribution >= 4 is 46.1 Å². The van der Waals surface area contributed by atoms with Crippen LogP contribution in [0.3, 0.4) is 0 Å². The van der Waals surface area contributed by atoms with Crippen molar-refractivity contribution in [3.05, 3.63) is 29.8 Å². The number of thioether (sulfide) groups is 1. The van der Waals surface area contributed by atoms with Crippen LogP contribution in [0.2, 0.25) is 0 Å². The van der Waals surface area contributed by atoms with Gasteiger partial charge in [0.15, 0.2) is 15.8 Å². The van der Waals surface area contributed by atoms with Gasteiger partial charge >= 0.3 is 0 Å². The molecule has 0 atom stereocenters. The van der Waals surface area contributed by atoms with Crippen molar-refractivity contribution in [2.75, 3.05) is 31.0 Å². The third-order valence-corrected chi connectivity index (χ3v) is 6.70. The summed E-state index contributed by atoms with van der Waals surface area (Å²) < 4.78 is 11.3. The maximum absolute atomic E-state index is 12.4. The Hall–Kier alpha value is -2.59. The molecular formula is C20H22N4O4S2. The Balaban J connectivity index is 1.25. The first-order valence-corrected chi connectivity index (χ1v) is 11.6. The van der Waals surface area contributed by atoms with Crippen molar-refractivity contribution in [1.82, 2.24) is 15.1 Å².